The average Bonchev–Trinajstić information content (AvgIpc) is 2.03. The van der Waals surface area contributed by atoms with E-state index in [0.717, 1.165) is 22.4 Å². The minimum absolute atomic E-state index is 0.718. The fourth-order valence-corrected chi connectivity index (χ4v) is 1.48. The van der Waals surface area contributed by atoms with Crippen molar-refractivity contribution in [1.82, 2.24) is 0 Å². The number of aliphatic hydroxyl groups is 1. The normalized spacial score (nSPS) is 12.7. The third-order valence-electron chi connectivity index (χ3n) is 2.03. The molecule has 1 rings (SSSR count). The quantitative estimate of drug-likeness (QED) is 0.675. The van der Waals surface area contributed by atoms with Crippen molar-refractivity contribution in [2.24, 2.45) is 5.73 Å². The van der Waals surface area contributed by atoms with Gasteiger partial charge in [-0.3, -0.25) is 0 Å². The van der Waals surface area contributed by atoms with E-state index >= 15 is 0 Å². The van der Waals surface area contributed by atoms with Gasteiger partial charge in [-0.05, 0) is 42.7 Å². The summed E-state index contributed by atoms with van der Waals surface area (Å²) in [5.74, 6) is 0.851. The molecule has 0 amide bonds. The van der Waals surface area contributed by atoms with Crippen LogP contribution in [0.25, 0.3) is 0 Å². The monoisotopic (exact) mass is 181 g/mol. The Morgan fingerprint density at radius 2 is 1.77 bits per heavy atom. The minimum Gasteiger partial charge on any atom is -0.496 e. The van der Waals surface area contributed by atoms with Gasteiger partial charge in [0.05, 0.1) is 7.11 Å². The van der Waals surface area contributed by atoms with Crippen LogP contribution >= 0.6 is 0 Å². The van der Waals surface area contributed by atoms with Gasteiger partial charge < -0.3 is 15.6 Å². The van der Waals surface area contributed by atoms with Gasteiger partial charge in [0, 0.05) is 0 Å². The zero-order chi connectivity index (χ0) is 10.0. The summed E-state index contributed by atoms with van der Waals surface area (Å²) in [5.41, 5.74) is 8.05. The van der Waals surface area contributed by atoms with Gasteiger partial charge in [0.15, 0.2) is 0 Å². The molecule has 1 atom stereocenters. The molecule has 0 aromatic heterocycles. The molecule has 0 saturated heterocycles. The van der Waals surface area contributed by atoms with E-state index in [0.29, 0.717) is 0 Å². The highest BCUT2D eigenvalue weighted by molar-refractivity contribution is 5.43. The van der Waals surface area contributed by atoms with Crippen molar-refractivity contribution in [3.05, 3.63) is 28.8 Å². The molecule has 3 nitrogen and oxygen atoms in total. The fraction of sp³-hybridized carbons (Fsp3) is 0.400. The van der Waals surface area contributed by atoms with Gasteiger partial charge in [-0.2, -0.15) is 0 Å². The third kappa shape index (κ3) is 1.99. The first-order chi connectivity index (χ1) is 6.06. The summed E-state index contributed by atoms with van der Waals surface area (Å²) in [5, 5.41) is 9.17. The summed E-state index contributed by atoms with van der Waals surface area (Å²) in [6, 6.07) is 3.66. The van der Waals surface area contributed by atoms with Crippen molar-refractivity contribution in [3.8, 4) is 5.75 Å². The first kappa shape index (κ1) is 10.0. The van der Waals surface area contributed by atoms with Gasteiger partial charge >= 0.3 is 0 Å². The molecule has 0 bridgehead atoms. The van der Waals surface area contributed by atoms with Crippen LogP contribution in [-0.4, -0.2) is 12.2 Å². The maximum Gasteiger partial charge on any atom is 0.128 e. The molecule has 1 aromatic rings. The predicted molar refractivity (Wildman–Crippen MR) is 51.6 cm³/mol. The van der Waals surface area contributed by atoms with Crippen molar-refractivity contribution in [1.29, 1.82) is 0 Å². The number of nitrogens with two attached hydrogens (primary N) is 1. The minimum atomic E-state index is -0.914. The first-order valence-corrected chi connectivity index (χ1v) is 4.15. The van der Waals surface area contributed by atoms with Crippen LogP contribution in [0.5, 0.6) is 5.75 Å². The molecular weight excluding hydrogens is 166 g/mol. The highest BCUT2D eigenvalue weighted by Crippen LogP contribution is 2.25. The lowest BCUT2D eigenvalue weighted by Crippen LogP contribution is -2.09. The lowest BCUT2D eigenvalue weighted by molar-refractivity contribution is 0.186. The lowest BCUT2D eigenvalue weighted by Gasteiger charge is -2.12. The van der Waals surface area contributed by atoms with Crippen molar-refractivity contribution < 1.29 is 9.84 Å². The van der Waals surface area contributed by atoms with Crippen LogP contribution in [0.1, 0.15) is 22.9 Å². The second-order valence-electron chi connectivity index (χ2n) is 3.13. The van der Waals surface area contributed by atoms with Crippen molar-refractivity contribution in [2.45, 2.75) is 20.1 Å². The fourth-order valence-electron chi connectivity index (χ4n) is 1.48. The SMILES string of the molecule is COc1c(C)cc(C(N)O)cc1C. The maximum absolute atomic E-state index is 9.17. The molecular formula is C10H15NO2. The average molecular weight is 181 g/mol. The Bertz CT molecular complexity index is 285. The third-order valence-corrected chi connectivity index (χ3v) is 2.03. The van der Waals surface area contributed by atoms with Crippen LogP contribution in [0, 0.1) is 13.8 Å². The molecule has 13 heavy (non-hydrogen) atoms. The first-order valence-electron chi connectivity index (χ1n) is 4.15. The molecule has 0 spiro atoms. The Morgan fingerprint density at radius 1 is 1.31 bits per heavy atom. The number of rotatable bonds is 2. The number of hydrogen-bond acceptors (Lipinski definition) is 3. The van der Waals surface area contributed by atoms with E-state index in [-0.39, 0.29) is 0 Å². The van der Waals surface area contributed by atoms with Gasteiger partial charge in [-0.15, -0.1) is 0 Å². The molecule has 0 aliphatic heterocycles. The number of hydrogen-bond donors (Lipinski definition) is 2. The van der Waals surface area contributed by atoms with E-state index in [1.165, 1.54) is 0 Å². The van der Waals surface area contributed by atoms with Crippen LogP contribution in [0.2, 0.25) is 0 Å². The number of ether oxygens (including phenoxy) is 1. The maximum atomic E-state index is 9.17. The van der Waals surface area contributed by atoms with Crippen LogP contribution < -0.4 is 10.5 Å². The van der Waals surface area contributed by atoms with Gasteiger partial charge in [0.1, 0.15) is 12.0 Å². The predicted octanol–water partition coefficient (Wildman–Crippen LogP) is 1.26. The highest BCUT2D eigenvalue weighted by Gasteiger charge is 2.07. The molecule has 1 unspecified atom stereocenters. The van der Waals surface area contributed by atoms with Crippen LogP contribution in [0.4, 0.5) is 0 Å². The Kier molecular flexibility index (Phi) is 2.90. The lowest BCUT2D eigenvalue weighted by atomic mass is 10.0. The molecule has 0 aliphatic rings. The largest absolute Gasteiger partial charge is 0.496 e. The number of aliphatic hydroxyl groups excluding tert-OH is 1. The smallest absolute Gasteiger partial charge is 0.128 e. The zero-order valence-corrected chi connectivity index (χ0v) is 8.16. The highest BCUT2D eigenvalue weighted by atomic mass is 16.5. The van der Waals surface area contributed by atoms with E-state index < -0.39 is 6.23 Å². The van der Waals surface area contributed by atoms with Crippen molar-refractivity contribution in [3.63, 3.8) is 0 Å². The molecule has 3 heteroatoms. The molecule has 72 valence electrons. The van der Waals surface area contributed by atoms with E-state index in [9.17, 15) is 5.11 Å². The molecule has 0 saturated carbocycles. The van der Waals surface area contributed by atoms with Crippen molar-refractivity contribution in [2.75, 3.05) is 7.11 Å². The molecule has 3 N–H and O–H groups in total. The summed E-state index contributed by atoms with van der Waals surface area (Å²) >= 11 is 0. The molecule has 1 aromatic carbocycles. The zero-order valence-electron chi connectivity index (χ0n) is 8.16. The van der Waals surface area contributed by atoms with Gasteiger partial charge in [0.2, 0.25) is 0 Å². The van der Waals surface area contributed by atoms with Gasteiger partial charge in [-0.1, -0.05) is 0 Å². The van der Waals surface area contributed by atoms with E-state index in [1.807, 2.05) is 26.0 Å². The summed E-state index contributed by atoms with van der Waals surface area (Å²) in [6.45, 7) is 3.86. The Balaban J connectivity index is 3.20. The summed E-state index contributed by atoms with van der Waals surface area (Å²) in [4.78, 5) is 0. The van der Waals surface area contributed by atoms with Crippen LogP contribution in [0.3, 0.4) is 0 Å². The van der Waals surface area contributed by atoms with Gasteiger partial charge in [0.25, 0.3) is 0 Å². The number of benzene rings is 1. The number of aryl methyl sites for hydroxylation is 2. The van der Waals surface area contributed by atoms with E-state index in [4.69, 9.17) is 10.5 Å². The number of methoxy groups -OCH3 is 1. The summed E-state index contributed by atoms with van der Waals surface area (Å²) in [6.07, 6.45) is -0.914. The topological polar surface area (TPSA) is 55.5 Å². The Hall–Kier alpha value is -1.06. The molecule has 0 heterocycles. The molecule has 0 fully saturated rings. The standard InChI is InChI=1S/C10H15NO2/c1-6-4-8(10(11)12)5-7(2)9(6)13-3/h4-5,10,12H,11H2,1-3H3. The summed E-state index contributed by atoms with van der Waals surface area (Å²) < 4.78 is 5.19. The van der Waals surface area contributed by atoms with Gasteiger partial charge in [-0.25, -0.2) is 0 Å². The molecule has 0 radical (unpaired) electrons. The Labute approximate surface area is 78.1 Å². The van der Waals surface area contributed by atoms with E-state index in [1.54, 1.807) is 7.11 Å². The molecule has 0 aliphatic carbocycles. The van der Waals surface area contributed by atoms with Crippen molar-refractivity contribution >= 4 is 0 Å². The van der Waals surface area contributed by atoms with Crippen LogP contribution in [0.15, 0.2) is 12.1 Å². The summed E-state index contributed by atoms with van der Waals surface area (Å²) in [7, 11) is 1.63. The van der Waals surface area contributed by atoms with E-state index in [2.05, 4.69) is 0 Å². The second kappa shape index (κ2) is 3.77. The Morgan fingerprint density at radius 3 is 2.08 bits per heavy atom. The second-order valence-corrected chi connectivity index (χ2v) is 3.13. The van der Waals surface area contributed by atoms with Crippen LogP contribution in [-0.2, 0) is 0 Å².